The molecule has 1 aliphatic rings. The number of pyridine rings is 2. The number of hydrogen-bond acceptors (Lipinski definition) is 5. The van der Waals surface area contributed by atoms with Crippen LogP contribution in [0.25, 0.3) is 0 Å². The quantitative estimate of drug-likeness (QED) is 0.824. The van der Waals surface area contributed by atoms with Crippen molar-refractivity contribution in [2.24, 2.45) is 7.05 Å². The lowest BCUT2D eigenvalue weighted by Gasteiger charge is -2.37. The number of methoxy groups -OCH3 is 1. The van der Waals surface area contributed by atoms with Crippen molar-refractivity contribution in [1.82, 2.24) is 14.5 Å². The second-order valence-corrected chi connectivity index (χ2v) is 6.43. The van der Waals surface area contributed by atoms with E-state index in [1.165, 1.54) is 10.6 Å². The Labute approximate surface area is 157 Å². The van der Waals surface area contributed by atoms with Gasteiger partial charge in [-0.25, -0.2) is 4.98 Å². The highest BCUT2D eigenvalue weighted by Crippen LogP contribution is 2.22. The van der Waals surface area contributed by atoms with Crippen LogP contribution in [0.15, 0.2) is 41.3 Å². The molecule has 0 aliphatic carbocycles. The fraction of sp³-hybridized carbons (Fsp3) is 0.389. The molecule has 1 unspecified atom stereocenters. The lowest BCUT2D eigenvalue weighted by Crippen LogP contribution is -2.49. The zero-order valence-electron chi connectivity index (χ0n) is 14.8. The first kappa shape index (κ1) is 18.2. The van der Waals surface area contributed by atoms with Crippen molar-refractivity contribution in [2.75, 3.05) is 19.0 Å². The van der Waals surface area contributed by atoms with E-state index in [2.05, 4.69) is 10.3 Å². The maximum atomic E-state index is 11.8. The van der Waals surface area contributed by atoms with Crippen LogP contribution in [-0.2, 0) is 7.05 Å². The minimum Gasteiger partial charge on any atom is -0.481 e. The van der Waals surface area contributed by atoms with Gasteiger partial charge in [0.05, 0.1) is 19.0 Å². The van der Waals surface area contributed by atoms with E-state index < -0.39 is 0 Å². The average molecular weight is 374 g/mol. The Balaban J connectivity index is 1.72. The Morgan fingerprint density at radius 2 is 2.15 bits per heavy atom. The third-order valence-corrected chi connectivity index (χ3v) is 4.64. The highest BCUT2D eigenvalue weighted by molar-refractivity contribution is 7.80. The van der Waals surface area contributed by atoms with Crippen LogP contribution in [0.5, 0.6) is 11.8 Å². The molecule has 0 aromatic carbocycles. The third-order valence-electron chi connectivity index (χ3n) is 4.30. The van der Waals surface area contributed by atoms with Crippen LogP contribution in [0.4, 0.5) is 5.69 Å². The molecule has 1 saturated heterocycles. The summed E-state index contributed by atoms with van der Waals surface area (Å²) >= 11 is 5.58. The van der Waals surface area contributed by atoms with Crippen LogP contribution in [0.2, 0.25) is 0 Å². The van der Waals surface area contributed by atoms with Gasteiger partial charge in [0, 0.05) is 32.1 Å². The average Bonchev–Trinajstić information content (AvgIpc) is 2.66. The molecular formula is C18H22N4O3S. The standard InChI is InChI=1S/C18H22N4O3S/c1-21-15(23)6-5-8-16(21)25-17-7-3-4-11-22(17)18(26)20-13-9-10-14(24-2)19-12-13/h5-6,8-10,12,17H,3-4,7,11H2,1-2H3,(H,20,26). The Kier molecular flexibility index (Phi) is 5.72. The third kappa shape index (κ3) is 4.13. The molecule has 0 amide bonds. The molecule has 1 N–H and O–H groups in total. The monoisotopic (exact) mass is 374 g/mol. The van der Waals surface area contributed by atoms with Crippen molar-refractivity contribution >= 4 is 23.0 Å². The Morgan fingerprint density at radius 3 is 2.88 bits per heavy atom. The van der Waals surface area contributed by atoms with Crippen LogP contribution in [0.1, 0.15) is 19.3 Å². The van der Waals surface area contributed by atoms with E-state index >= 15 is 0 Å². The van der Waals surface area contributed by atoms with E-state index in [1.807, 2.05) is 11.0 Å². The number of hydrogen-bond donors (Lipinski definition) is 1. The first-order valence-electron chi connectivity index (χ1n) is 8.49. The highest BCUT2D eigenvalue weighted by Gasteiger charge is 2.27. The van der Waals surface area contributed by atoms with E-state index in [0.29, 0.717) is 16.9 Å². The van der Waals surface area contributed by atoms with Crippen molar-refractivity contribution in [3.05, 3.63) is 46.9 Å². The predicted molar refractivity (Wildman–Crippen MR) is 104 cm³/mol. The first-order chi connectivity index (χ1) is 12.6. The summed E-state index contributed by atoms with van der Waals surface area (Å²) in [7, 11) is 3.27. The summed E-state index contributed by atoms with van der Waals surface area (Å²) in [4.78, 5) is 18.0. The van der Waals surface area contributed by atoms with Crippen LogP contribution in [0, 0.1) is 0 Å². The van der Waals surface area contributed by atoms with Crippen molar-refractivity contribution in [2.45, 2.75) is 25.5 Å². The summed E-state index contributed by atoms with van der Waals surface area (Å²) < 4.78 is 12.7. The topological polar surface area (TPSA) is 68.6 Å². The summed E-state index contributed by atoms with van der Waals surface area (Å²) in [5, 5.41) is 3.77. The molecular weight excluding hydrogens is 352 g/mol. The maximum Gasteiger partial charge on any atom is 0.253 e. The van der Waals surface area contributed by atoms with Crippen LogP contribution >= 0.6 is 12.2 Å². The van der Waals surface area contributed by atoms with E-state index in [4.69, 9.17) is 21.7 Å². The molecule has 2 aromatic rings. The van der Waals surface area contributed by atoms with Gasteiger partial charge in [-0.2, -0.15) is 0 Å². The minimum atomic E-state index is -0.219. The number of nitrogens with one attached hydrogen (secondary N) is 1. The number of ether oxygens (including phenoxy) is 2. The van der Waals surface area contributed by atoms with Crippen LogP contribution < -0.4 is 20.3 Å². The molecule has 1 aliphatic heterocycles. The first-order valence-corrected chi connectivity index (χ1v) is 8.89. The van der Waals surface area contributed by atoms with Crippen molar-refractivity contribution < 1.29 is 9.47 Å². The van der Waals surface area contributed by atoms with Gasteiger partial charge < -0.3 is 19.7 Å². The van der Waals surface area contributed by atoms with E-state index in [0.717, 1.165) is 31.5 Å². The van der Waals surface area contributed by atoms with Gasteiger partial charge in [-0.3, -0.25) is 9.36 Å². The highest BCUT2D eigenvalue weighted by atomic mass is 32.1. The van der Waals surface area contributed by atoms with Gasteiger partial charge in [-0.1, -0.05) is 6.07 Å². The lowest BCUT2D eigenvalue weighted by atomic mass is 10.1. The van der Waals surface area contributed by atoms with Gasteiger partial charge in [0.1, 0.15) is 0 Å². The summed E-state index contributed by atoms with van der Waals surface area (Å²) in [5.41, 5.74) is 0.683. The molecule has 7 nitrogen and oxygen atoms in total. The predicted octanol–water partition coefficient (Wildman–Crippen LogP) is 2.38. The van der Waals surface area contributed by atoms with Crippen molar-refractivity contribution in [1.29, 1.82) is 0 Å². The second-order valence-electron chi connectivity index (χ2n) is 6.04. The SMILES string of the molecule is COc1ccc(NC(=S)N2CCCCC2Oc2cccc(=O)n2C)cn1. The van der Waals surface area contributed by atoms with Gasteiger partial charge >= 0.3 is 0 Å². The fourth-order valence-corrected chi connectivity index (χ4v) is 3.16. The smallest absolute Gasteiger partial charge is 0.253 e. The molecule has 2 aromatic heterocycles. The molecule has 1 atom stereocenters. The molecule has 3 rings (SSSR count). The Morgan fingerprint density at radius 1 is 1.31 bits per heavy atom. The molecule has 8 heteroatoms. The summed E-state index contributed by atoms with van der Waals surface area (Å²) in [6, 6.07) is 8.63. The molecule has 0 saturated carbocycles. The van der Waals surface area contributed by atoms with Crippen LogP contribution in [-0.4, -0.2) is 39.4 Å². The second kappa shape index (κ2) is 8.18. The molecule has 0 bridgehead atoms. The maximum absolute atomic E-state index is 11.8. The molecule has 0 spiro atoms. The molecule has 26 heavy (non-hydrogen) atoms. The lowest BCUT2D eigenvalue weighted by molar-refractivity contribution is 0.0404. The van der Waals surface area contributed by atoms with Gasteiger partial charge in [0.25, 0.3) is 5.56 Å². The minimum absolute atomic E-state index is 0.102. The van der Waals surface area contributed by atoms with Crippen LogP contribution in [0.3, 0.4) is 0 Å². The summed E-state index contributed by atoms with van der Waals surface area (Å²) in [6.45, 7) is 0.793. The van der Waals surface area contributed by atoms with E-state index in [9.17, 15) is 4.79 Å². The van der Waals surface area contributed by atoms with Gasteiger partial charge in [0.2, 0.25) is 5.88 Å². The normalized spacial score (nSPS) is 16.8. The number of likely N-dealkylation sites (tertiary alicyclic amines) is 1. The molecule has 0 radical (unpaired) electrons. The number of aromatic nitrogens is 2. The fourth-order valence-electron chi connectivity index (χ4n) is 2.83. The number of piperidine rings is 1. The van der Waals surface area contributed by atoms with Gasteiger partial charge in [-0.15, -0.1) is 0 Å². The Bertz CT molecular complexity index is 822. The van der Waals surface area contributed by atoms with Crippen molar-refractivity contribution in [3.8, 4) is 11.8 Å². The number of rotatable bonds is 4. The number of anilines is 1. The number of nitrogens with zero attached hydrogens (tertiary/aromatic N) is 3. The van der Waals surface area contributed by atoms with Gasteiger partial charge in [0.15, 0.2) is 17.2 Å². The Hall–Kier alpha value is -2.61. The molecule has 3 heterocycles. The number of thiocarbonyl (C=S) groups is 1. The molecule has 1 fully saturated rings. The van der Waals surface area contributed by atoms with Crippen molar-refractivity contribution in [3.63, 3.8) is 0 Å². The zero-order valence-corrected chi connectivity index (χ0v) is 15.7. The largest absolute Gasteiger partial charge is 0.481 e. The summed E-state index contributed by atoms with van der Waals surface area (Å²) in [6.07, 6.45) is 4.38. The van der Waals surface area contributed by atoms with E-state index in [1.54, 1.807) is 38.6 Å². The van der Waals surface area contributed by atoms with Gasteiger partial charge in [-0.05, 0) is 37.2 Å². The molecule has 138 valence electrons. The zero-order chi connectivity index (χ0) is 18.5. The summed E-state index contributed by atoms with van der Waals surface area (Å²) in [5.74, 6) is 1.08. The van der Waals surface area contributed by atoms with E-state index in [-0.39, 0.29) is 11.8 Å².